The van der Waals surface area contributed by atoms with Gasteiger partial charge in [-0.15, -0.1) is 11.8 Å². The van der Waals surface area contributed by atoms with Crippen LogP contribution in [0.4, 0.5) is 8.78 Å². The molecule has 8 rings (SSSR count). The van der Waals surface area contributed by atoms with Crippen LogP contribution in [-0.2, 0) is 107 Å². The first kappa shape index (κ1) is 106. The zero-order valence-electron chi connectivity index (χ0n) is 76.4. The lowest BCUT2D eigenvalue weighted by Crippen LogP contribution is -2.61. The Morgan fingerprint density at radius 2 is 1.08 bits per heavy atom. The molecule has 22 N–H and O–H groups in total. The third-order valence-electron chi connectivity index (χ3n) is 23.2. The Kier molecular flexibility index (Phi) is 39.7. The summed E-state index contributed by atoms with van der Waals surface area (Å²) in [6.45, 7) is 4.10. The average Bonchev–Trinajstić information content (AvgIpc) is 1.63. The van der Waals surface area contributed by atoms with Crippen molar-refractivity contribution in [2.24, 2.45) is 23.1 Å². The number of likely N-dealkylation sites (N-methyl/N-ethyl adjacent to an activating group) is 4. The summed E-state index contributed by atoms with van der Waals surface area (Å²) < 4.78 is 32.0. The number of nitrogens with two attached hydrogens (primary N) is 3. The summed E-state index contributed by atoms with van der Waals surface area (Å²) in [6.07, 6.45) is 3.28. The van der Waals surface area contributed by atoms with E-state index in [4.69, 9.17) is 22.6 Å². The molecule has 2 fully saturated rings. The zero-order chi connectivity index (χ0) is 98.4. The minimum atomic E-state index is -3.84. The van der Waals surface area contributed by atoms with Gasteiger partial charge in [0, 0.05) is 119 Å². The number of unbranched alkanes of at least 4 members (excludes halogenated alkanes) is 2. The van der Waals surface area contributed by atoms with E-state index in [0.29, 0.717) is 69.1 Å². The molecule has 0 saturated carbocycles. The fourth-order valence-corrected chi connectivity index (χ4v) is 16.6. The number of carbonyl (C=O) groups is 17. The smallest absolute Gasteiger partial charge is 0.267 e. The van der Waals surface area contributed by atoms with Crippen LogP contribution in [0.15, 0.2) is 104 Å². The molecular weight excluding hydrogens is 1760 g/mol. The molecule has 0 aliphatic carbocycles. The Bertz CT molecular complexity index is 5160. The minimum absolute atomic E-state index is 0.0120. The summed E-state index contributed by atoms with van der Waals surface area (Å²) in [5.74, 6) is -23.3. The van der Waals surface area contributed by atoms with E-state index in [-0.39, 0.29) is 63.6 Å². The van der Waals surface area contributed by atoms with Gasteiger partial charge >= 0.3 is 0 Å². The number of nitrogens with zero attached hydrogens (tertiary/aromatic N) is 6. The highest BCUT2D eigenvalue weighted by atomic mass is 32.2. The topological polar surface area (TPSA) is 621 Å². The molecule has 2 aliphatic heterocycles. The van der Waals surface area contributed by atoms with E-state index in [1.807, 2.05) is 13.8 Å². The van der Waals surface area contributed by atoms with Crippen molar-refractivity contribution < 1.29 is 95.4 Å². The van der Waals surface area contributed by atoms with Gasteiger partial charge < -0.3 is 120 Å². The normalized spacial score (nSPS) is 23.7. The molecule has 3 aromatic carbocycles. The Morgan fingerprint density at radius 1 is 0.552 bits per heavy atom. The summed E-state index contributed by atoms with van der Waals surface area (Å²) in [5, 5.41) is 48.4. The van der Waals surface area contributed by atoms with Crippen LogP contribution in [-0.4, -0.2) is 313 Å². The fourth-order valence-electron chi connectivity index (χ4n) is 15.8. The number of para-hydroxylation sites is 2. The quantitative estimate of drug-likeness (QED) is 0.0160. The van der Waals surface area contributed by atoms with Gasteiger partial charge in [-0.25, -0.2) is 13.8 Å². The molecule has 42 nitrogen and oxygen atoms in total. The number of primary amides is 2. The number of alkyl halides is 2. The summed E-state index contributed by atoms with van der Waals surface area (Å²) >= 11 is 0.748. The van der Waals surface area contributed by atoms with Gasteiger partial charge in [0.15, 0.2) is 5.96 Å². The van der Waals surface area contributed by atoms with E-state index in [9.17, 15) is 62.6 Å². The summed E-state index contributed by atoms with van der Waals surface area (Å²) in [6, 6.07) is 0.457. The van der Waals surface area contributed by atoms with Crippen LogP contribution >= 0.6 is 11.8 Å². The van der Waals surface area contributed by atoms with E-state index in [1.54, 1.807) is 105 Å². The number of amides is 17. The third kappa shape index (κ3) is 30.5. The zero-order valence-corrected chi connectivity index (χ0v) is 77.2. The number of hydrogen-bond donors (Lipinski definition) is 19. The Balaban J connectivity index is 1.19. The monoisotopic (exact) mass is 1890 g/mol. The number of aromatic amines is 3. The molecule has 728 valence electrons. The van der Waals surface area contributed by atoms with E-state index in [1.165, 1.54) is 40.6 Å². The highest BCUT2D eigenvalue weighted by molar-refractivity contribution is 8.00. The Labute approximate surface area is 777 Å². The number of nitrogens with one attached hydrogen (secondary N) is 15. The van der Waals surface area contributed by atoms with Crippen molar-refractivity contribution in [2.75, 3.05) is 72.5 Å². The van der Waals surface area contributed by atoms with Gasteiger partial charge in [0.2, 0.25) is 100 Å². The van der Waals surface area contributed by atoms with Crippen LogP contribution in [0.3, 0.4) is 0 Å². The van der Waals surface area contributed by atoms with Crippen LogP contribution in [0.25, 0.3) is 21.8 Å². The van der Waals surface area contributed by atoms with Crippen molar-refractivity contribution in [3.63, 3.8) is 0 Å². The highest BCUT2D eigenvalue weighted by Gasteiger charge is 2.53. The molecule has 0 unspecified atom stereocenters. The van der Waals surface area contributed by atoms with Crippen LogP contribution < -0.4 is 75.7 Å². The minimum Gasteiger partial charge on any atom is -0.394 e. The first-order chi connectivity index (χ1) is 63.6. The number of aliphatic hydroxyl groups excluding tert-OH is 1. The largest absolute Gasteiger partial charge is 0.394 e. The summed E-state index contributed by atoms with van der Waals surface area (Å²) in [7, 11) is 5.05. The van der Waals surface area contributed by atoms with Crippen molar-refractivity contribution >= 4 is 140 Å². The first-order valence-corrected chi connectivity index (χ1v) is 45.4. The van der Waals surface area contributed by atoms with E-state index in [2.05, 4.69) is 78.4 Å². The molecule has 0 spiro atoms. The Morgan fingerprint density at radius 3 is 1.67 bits per heavy atom. The predicted molar refractivity (Wildman–Crippen MR) is 490 cm³/mol. The fraction of sp³-hybridized carbons (Fsp3) is 0.517. The molecule has 0 radical (unpaired) electrons. The summed E-state index contributed by atoms with van der Waals surface area (Å²) in [4.78, 5) is 266. The molecule has 2 saturated heterocycles. The SMILES string of the molecule is CCCC[C@H]1C(=O)N(C)[C@@H](CCCC)C(=O)N[C@@H](CCCNC(=N)N)C(=O)N[C@H](C(=O)NCC(N)=O)CSCC(=O)N[C@@H](Cc2ccccc2)C(=O)N(C)[C@@H](C)C(=O)N[C@@H](CC(N)=O)C(=O)N2CC(F)(F)C[C@H]2C(=O)N[C@@H](Cc2cnc[nH]2)C(=O)N[C@@H](CC(C)C)C(=O)N(C)CC(=O)N[C@@H](Cc2c[nH]c3ccccc23)C(=O)N[C@@H](CO)C(=O)N[C@@H](Cc2c[nH]c3ccccc23)C(=O)N1C. The van der Waals surface area contributed by atoms with Crippen molar-refractivity contribution in [2.45, 2.75) is 215 Å². The molecular formula is C89H124F2N24O18S. The average molecular weight is 1890 g/mol. The molecule has 3 aromatic heterocycles. The maximum atomic E-state index is 16.0. The maximum absolute atomic E-state index is 16.0. The number of H-pyrrole nitrogens is 3. The van der Waals surface area contributed by atoms with Gasteiger partial charge in [0.05, 0.1) is 44.7 Å². The van der Waals surface area contributed by atoms with Gasteiger partial charge in [-0.05, 0) is 73.8 Å². The van der Waals surface area contributed by atoms with Crippen LogP contribution in [0.5, 0.6) is 0 Å². The number of fused-ring (bicyclic) bond motifs is 3. The molecule has 17 amide bonds. The van der Waals surface area contributed by atoms with Gasteiger partial charge in [0.25, 0.3) is 5.92 Å². The number of imidazole rings is 1. The lowest BCUT2D eigenvalue weighted by Gasteiger charge is -2.36. The lowest BCUT2D eigenvalue weighted by molar-refractivity contribution is -0.149. The number of aliphatic hydroxyl groups is 1. The molecule has 2 aliphatic rings. The predicted octanol–water partition coefficient (Wildman–Crippen LogP) is -1.89. The molecule has 45 heteroatoms. The maximum Gasteiger partial charge on any atom is 0.267 e. The number of rotatable bonds is 26. The van der Waals surface area contributed by atoms with E-state index >= 15 is 32.8 Å². The van der Waals surface area contributed by atoms with Crippen LogP contribution in [0, 0.1) is 11.3 Å². The second-order valence-corrected chi connectivity index (χ2v) is 35.0. The molecule has 6 aromatic rings. The standard InChI is InChI=1S/C89H124F2N24O18S/c1-10-12-29-68-81(127)104-59(28-21-31-97-88(94)95)77(123)110-67(76(122)100-42-72(93)118)45-134-46-74(120)103-63(33-51-22-15-14-16-23-51)84(130)112(7)50(5)75(121)106-65(37-71(92)117)86(132)115-47-89(90,91)38-70(115)82(128)105-61(36-54-41-96-48-101-54)79(125)107-62(32-49(3)4)83(129)111(6)43-73(119)102-60(34-52-39-98-57-26-19-17-24-55(52)57)78(124)109-66(44-116)80(126)108-64(35-53-40-99-58-27-20-18-25-56(53)58)85(131)114(9)69(30-13-11-2)87(133)113(68)8/h14-20,22-27,39-41,48-50,59-70,98-99,116H,10-13,21,28-38,42-47H2,1-9H3,(H2,92,117)(H2,93,118)(H,96,101)(H,100,122)(H,102,119)(H,103,120)(H,104,127)(H,105,128)(H,106,121)(H,107,125)(H,108,126)(H,109,124)(H,110,123)(H4,94,95,97)/t50-,59-,60-,61-,62-,63-,64-,65-,66-,67-,68-,69-,70-/m0/s1. The number of aromatic nitrogens is 4. The number of benzene rings is 3. The molecule has 5 heterocycles. The van der Waals surface area contributed by atoms with Gasteiger partial charge in [0.1, 0.15) is 78.5 Å². The second kappa shape index (κ2) is 50.3. The van der Waals surface area contributed by atoms with Crippen molar-refractivity contribution in [1.29, 1.82) is 5.41 Å². The van der Waals surface area contributed by atoms with Gasteiger partial charge in [-0.3, -0.25) is 86.9 Å². The highest BCUT2D eigenvalue weighted by Crippen LogP contribution is 2.34. The van der Waals surface area contributed by atoms with Gasteiger partial charge in [-0.1, -0.05) is 120 Å². The first-order valence-electron chi connectivity index (χ1n) is 44.3. The number of carbonyl (C=O) groups excluding carboxylic acids is 17. The molecule has 0 bridgehead atoms. The third-order valence-corrected chi connectivity index (χ3v) is 24.2. The van der Waals surface area contributed by atoms with Gasteiger partial charge in [-0.2, -0.15) is 0 Å². The number of hydrogen-bond acceptors (Lipinski definition) is 21. The summed E-state index contributed by atoms with van der Waals surface area (Å²) in [5.41, 5.74) is 19.6. The number of guanidine groups is 1. The van der Waals surface area contributed by atoms with E-state index < -0.39 is 254 Å². The Hall–Kier alpha value is -13.6. The molecule has 134 heavy (non-hydrogen) atoms. The van der Waals surface area contributed by atoms with Crippen molar-refractivity contribution in [3.05, 3.63) is 126 Å². The molecule has 13 atom stereocenters. The number of thioether (sulfide) groups is 1. The van der Waals surface area contributed by atoms with Crippen LogP contribution in [0.1, 0.15) is 128 Å². The van der Waals surface area contributed by atoms with Crippen LogP contribution in [0.2, 0.25) is 0 Å². The second-order valence-electron chi connectivity index (χ2n) is 34.0. The lowest BCUT2D eigenvalue weighted by atomic mass is 10.00. The van der Waals surface area contributed by atoms with Crippen molar-refractivity contribution in [3.8, 4) is 0 Å². The number of halogens is 2. The van der Waals surface area contributed by atoms with Crippen molar-refractivity contribution in [1.82, 2.24) is 103 Å². The van der Waals surface area contributed by atoms with E-state index in [0.717, 1.165) is 38.4 Å².